The van der Waals surface area contributed by atoms with Crippen molar-refractivity contribution in [3.63, 3.8) is 0 Å². The van der Waals surface area contributed by atoms with Gasteiger partial charge < -0.3 is 9.80 Å². The number of benzene rings is 1. The summed E-state index contributed by atoms with van der Waals surface area (Å²) in [6, 6.07) is 3.36. The van der Waals surface area contributed by atoms with Crippen molar-refractivity contribution < 1.29 is 13.2 Å². The zero-order valence-electron chi connectivity index (χ0n) is 18.2. The Morgan fingerprint density at radius 3 is 2.48 bits per heavy atom. The van der Waals surface area contributed by atoms with Crippen LogP contribution in [-0.4, -0.2) is 63.9 Å². The van der Waals surface area contributed by atoms with E-state index in [1.165, 1.54) is 26.0 Å². The van der Waals surface area contributed by atoms with E-state index in [-0.39, 0.29) is 10.8 Å². The van der Waals surface area contributed by atoms with Crippen LogP contribution in [0.3, 0.4) is 0 Å². The molecular formula is C22H35N3O3S. The molecule has 0 saturated carbocycles. The summed E-state index contributed by atoms with van der Waals surface area (Å²) in [5, 5.41) is 0. The summed E-state index contributed by atoms with van der Waals surface area (Å²) in [7, 11) is -2.20. The number of carbonyl (C=O) groups excluding carboxylic acids is 1. The fourth-order valence-electron chi connectivity index (χ4n) is 4.53. The molecule has 29 heavy (non-hydrogen) atoms. The molecule has 1 aromatic rings. The largest absolute Gasteiger partial charge is 0.338 e. The Morgan fingerprint density at radius 1 is 1.14 bits per heavy atom. The molecule has 2 aliphatic heterocycles. The van der Waals surface area contributed by atoms with Crippen molar-refractivity contribution in [3.8, 4) is 0 Å². The van der Waals surface area contributed by atoms with Gasteiger partial charge in [0.15, 0.2) is 0 Å². The Bertz CT molecular complexity index is 845. The second-order valence-corrected chi connectivity index (χ2v) is 10.7. The van der Waals surface area contributed by atoms with Gasteiger partial charge in [0, 0.05) is 25.2 Å². The predicted molar refractivity (Wildman–Crippen MR) is 116 cm³/mol. The minimum absolute atomic E-state index is 0.0578. The van der Waals surface area contributed by atoms with Crippen LogP contribution in [0.5, 0.6) is 0 Å². The lowest BCUT2D eigenvalue weighted by Gasteiger charge is -2.38. The van der Waals surface area contributed by atoms with Gasteiger partial charge in [-0.3, -0.25) is 4.79 Å². The highest BCUT2D eigenvalue weighted by Crippen LogP contribution is 2.25. The molecule has 0 aromatic heterocycles. The number of hydrogen-bond donors (Lipinski definition) is 1. The van der Waals surface area contributed by atoms with Crippen molar-refractivity contribution in [1.82, 2.24) is 14.5 Å². The first kappa shape index (κ1) is 22.2. The normalized spacial score (nSPS) is 22.1. The number of piperidine rings is 2. The van der Waals surface area contributed by atoms with Crippen LogP contribution >= 0.6 is 0 Å². The van der Waals surface area contributed by atoms with Crippen molar-refractivity contribution in [2.75, 3.05) is 39.8 Å². The summed E-state index contributed by atoms with van der Waals surface area (Å²) in [6.45, 7) is 10.8. The highest BCUT2D eigenvalue weighted by Gasteiger charge is 2.28. The second kappa shape index (κ2) is 9.14. The third kappa shape index (κ3) is 5.19. The van der Waals surface area contributed by atoms with E-state index in [2.05, 4.69) is 16.5 Å². The van der Waals surface area contributed by atoms with Gasteiger partial charge in [-0.25, -0.2) is 13.1 Å². The van der Waals surface area contributed by atoms with Gasteiger partial charge in [-0.2, -0.15) is 0 Å². The standard InChI is InChI=1S/C22H35N3O3S/c1-16-7-10-24(11-8-16)14-19-6-5-9-25(15-19)22(26)20-12-17(2)18(3)21(13-20)29(27,28)23-4/h12-13,16,19,23H,5-11,14-15H2,1-4H3. The van der Waals surface area contributed by atoms with E-state index in [1.54, 1.807) is 6.92 Å². The molecule has 7 heteroatoms. The molecule has 1 unspecified atom stereocenters. The lowest BCUT2D eigenvalue weighted by molar-refractivity contribution is 0.0622. The molecule has 1 N–H and O–H groups in total. The molecule has 2 aliphatic rings. The molecule has 2 fully saturated rings. The molecule has 1 amide bonds. The Hall–Kier alpha value is -1.44. The van der Waals surface area contributed by atoms with E-state index in [0.717, 1.165) is 57.0 Å². The minimum Gasteiger partial charge on any atom is -0.338 e. The smallest absolute Gasteiger partial charge is 0.253 e. The molecule has 0 bridgehead atoms. The van der Waals surface area contributed by atoms with E-state index in [4.69, 9.17) is 0 Å². The average Bonchev–Trinajstić information content (AvgIpc) is 2.71. The van der Waals surface area contributed by atoms with Gasteiger partial charge in [0.1, 0.15) is 0 Å². The van der Waals surface area contributed by atoms with Crippen LogP contribution in [0.4, 0.5) is 0 Å². The molecule has 1 aromatic carbocycles. The molecule has 0 radical (unpaired) electrons. The summed E-state index contributed by atoms with van der Waals surface area (Å²) in [6.07, 6.45) is 4.69. The molecule has 6 nitrogen and oxygen atoms in total. The third-order valence-electron chi connectivity index (χ3n) is 6.62. The third-order valence-corrected chi connectivity index (χ3v) is 8.16. The van der Waals surface area contributed by atoms with E-state index in [0.29, 0.717) is 17.0 Å². The molecule has 1 atom stereocenters. The van der Waals surface area contributed by atoms with Crippen LogP contribution in [0, 0.1) is 25.7 Å². The van der Waals surface area contributed by atoms with E-state index >= 15 is 0 Å². The van der Waals surface area contributed by atoms with Gasteiger partial charge in [0.2, 0.25) is 10.0 Å². The van der Waals surface area contributed by atoms with Gasteiger partial charge >= 0.3 is 0 Å². The molecule has 0 spiro atoms. The van der Waals surface area contributed by atoms with Gasteiger partial charge in [0.05, 0.1) is 4.90 Å². The van der Waals surface area contributed by atoms with Crippen LogP contribution in [0.15, 0.2) is 17.0 Å². The molecule has 0 aliphatic carbocycles. The monoisotopic (exact) mass is 421 g/mol. The van der Waals surface area contributed by atoms with E-state index < -0.39 is 10.0 Å². The Morgan fingerprint density at radius 2 is 1.83 bits per heavy atom. The highest BCUT2D eigenvalue weighted by atomic mass is 32.2. The van der Waals surface area contributed by atoms with E-state index in [1.807, 2.05) is 17.9 Å². The summed E-state index contributed by atoms with van der Waals surface area (Å²) in [5.41, 5.74) is 1.97. The molecular weight excluding hydrogens is 386 g/mol. The molecule has 2 saturated heterocycles. The Balaban J connectivity index is 1.73. The zero-order chi connectivity index (χ0) is 21.2. The minimum atomic E-state index is -3.60. The van der Waals surface area contributed by atoms with Crippen LogP contribution < -0.4 is 4.72 Å². The lowest BCUT2D eigenvalue weighted by Crippen LogP contribution is -2.45. The number of likely N-dealkylation sites (tertiary alicyclic amines) is 2. The molecule has 3 rings (SSSR count). The first-order chi connectivity index (χ1) is 13.7. The second-order valence-electron chi connectivity index (χ2n) is 8.87. The number of amides is 1. The van der Waals surface area contributed by atoms with Crippen molar-refractivity contribution in [1.29, 1.82) is 0 Å². The van der Waals surface area contributed by atoms with Crippen LogP contribution in [0.1, 0.15) is 54.1 Å². The first-order valence-electron chi connectivity index (χ1n) is 10.8. The fourth-order valence-corrected chi connectivity index (χ4v) is 5.60. The number of carbonyl (C=O) groups is 1. The summed E-state index contributed by atoms with van der Waals surface area (Å²) in [5.74, 6) is 1.26. The molecule has 2 heterocycles. The number of hydrogen-bond acceptors (Lipinski definition) is 4. The number of nitrogens with one attached hydrogen (secondary N) is 1. The summed E-state index contributed by atoms with van der Waals surface area (Å²) >= 11 is 0. The van der Waals surface area contributed by atoms with Crippen LogP contribution in [-0.2, 0) is 10.0 Å². The van der Waals surface area contributed by atoms with Crippen LogP contribution in [0.2, 0.25) is 0 Å². The van der Waals surface area contributed by atoms with Gasteiger partial charge in [0.25, 0.3) is 5.91 Å². The maximum Gasteiger partial charge on any atom is 0.253 e. The summed E-state index contributed by atoms with van der Waals surface area (Å²) in [4.78, 5) is 17.9. The Kier molecular flexibility index (Phi) is 7.02. The predicted octanol–water partition coefficient (Wildman–Crippen LogP) is 2.80. The topological polar surface area (TPSA) is 69.7 Å². The number of aryl methyl sites for hydroxylation is 1. The molecule has 162 valence electrons. The van der Waals surface area contributed by atoms with Crippen molar-refractivity contribution in [2.24, 2.45) is 11.8 Å². The number of rotatable bonds is 5. The van der Waals surface area contributed by atoms with Gasteiger partial charge in [-0.15, -0.1) is 0 Å². The van der Waals surface area contributed by atoms with Crippen molar-refractivity contribution >= 4 is 15.9 Å². The number of nitrogens with zero attached hydrogens (tertiary/aromatic N) is 2. The summed E-state index contributed by atoms with van der Waals surface area (Å²) < 4.78 is 27.1. The fraction of sp³-hybridized carbons (Fsp3) is 0.682. The van der Waals surface area contributed by atoms with Gasteiger partial charge in [-0.1, -0.05) is 6.92 Å². The van der Waals surface area contributed by atoms with Gasteiger partial charge in [-0.05, 0) is 94.8 Å². The Labute approximate surface area is 175 Å². The maximum atomic E-state index is 13.2. The van der Waals surface area contributed by atoms with Crippen molar-refractivity contribution in [3.05, 3.63) is 28.8 Å². The first-order valence-corrected chi connectivity index (χ1v) is 12.3. The average molecular weight is 422 g/mol. The maximum absolute atomic E-state index is 13.2. The zero-order valence-corrected chi connectivity index (χ0v) is 19.0. The van der Waals surface area contributed by atoms with Crippen LogP contribution in [0.25, 0.3) is 0 Å². The number of sulfonamides is 1. The lowest BCUT2D eigenvalue weighted by atomic mass is 9.94. The SMILES string of the molecule is CNS(=O)(=O)c1cc(C(=O)N2CCCC(CN3CCC(C)CC3)C2)cc(C)c1C. The highest BCUT2D eigenvalue weighted by molar-refractivity contribution is 7.89. The van der Waals surface area contributed by atoms with E-state index in [9.17, 15) is 13.2 Å². The van der Waals surface area contributed by atoms with Crippen molar-refractivity contribution in [2.45, 2.75) is 51.3 Å². The quantitative estimate of drug-likeness (QED) is 0.794.